The number of hydrogen-bond donors (Lipinski definition) is 0. The van der Waals surface area contributed by atoms with E-state index in [-0.39, 0.29) is 30.1 Å². The number of rotatable bonds is 7. The van der Waals surface area contributed by atoms with Crippen molar-refractivity contribution in [1.82, 2.24) is 4.90 Å². The molecule has 0 radical (unpaired) electrons. The smallest absolute Gasteiger partial charge is 0.344 e. The average molecular weight is 395 g/mol. The molecule has 0 spiro atoms. The molecule has 8 heteroatoms. The lowest BCUT2D eigenvalue weighted by molar-refractivity contribution is -0.154. The van der Waals surface area contributed by atoms with Gasteiger partial charge in [-0.15, -0.1) is 0 Å². The van der Waals surface area contributed by atoms with Gasteiger partial charge >= 0.3 is 5.97 Å². The van der Waals surface area contributed by atoms with Crippen LogP contribution in [0.3, 0.4) is 0 Å². The van der Waals surface area contributed by atoms with Crippen LogP contribution in [0.5, 0.6) is 5.75 Å². The Bertz CT molecular complexity index is 819. The largest absolute Gasteiger partial charge is 0.482 e. The van der Waals surface area contributed by atoms with Gasteiger partial charge in [0.1, 0.15) is 5.75 Å². The maximum absolute atomic E-state index is 12.3. The zero-order chi connectivity index (χ0) is 19.4. The highest BCUT2D eigenvalue weighted by molar-refractivity contribution is 7.91. The van der Waals surface area contributed by atoms with E-state index in [2.05, 4.69) is 0 Å². The van der Waals surface area contributed by atoms with Crippen LogP contribution >= 0.6 is 0 Å². The monoisotopic (exact) mass is 395 g/mol. The maximum Gasteiger partial charge on any atom is 0.344 e. The van der Waals surface area contributed by atoms with Crippen LogP contribution in [0.25, 0.3) is 0 Å². The number of aryl methyl sites for hydroxylation is 2. The molecule has 0 N–H and O–H groups in total. The highest BCUT2D eigenvalue weighted by atomic mass is 32.2. The Kier molecular flexibility index (Phi) is 6.04. The van der Waals surface area contributed by atoms with Gasteiger partial charge in [-0.25, -0.2) is 13.2 Å². The van der Waals surface area contributed by atoms with E-state index in [4.69, 9.17) is 9.47 Å². The molecule has 0 unspecified atom stereocenters. The standard InChI is InChI=1S/C19H25NO6S/c1-2-20(16-8-9-27(23,24)13-16)18(21)11-26-19(22)12-25-17-7-6-14-4-3-5-15(14)10-17/h6-7,10,16H,2-5,8-9,11-13H2,1H3/t16-/m0/s1. The Balaban J connectivity index is 1.44. The number of ether oxygens (including phenoxy) is 2. The summed E-state index contributed by atoms with van der Waals surface area (Å²) in [4.78, 5) is 25.6. The molecule has 1 aromatic carbocycles. The van der Waals surface area contributed by atoms with Crippen molar-refractivity contribution in [2.45, 2.75) is 38.6 Å². The predicted molar refractivity (Wildman–Crippen MR) is 99.4 cm³/mol. The first kappa shape index (κ1) is 19.7. The second kappa shape index (κ2) is 8.29. The van der Waals surface area contributed by atoms with E-state index in [0.717, 1.165) is 19.3 Å². The Hall–Kier alpha value is -2.09. The predicted octanol–water partition coefficient (Wildman–Crippen LogP) is 1.13. The Morgan fingerprint density at radius 2 is 1.96 bits per heavy atom. The van der Waals surface area contributed by atoms with E-state index >= 15 is 0 Å². The van der Waals surface area contributed by atoms with Crippen molar-refractivity contribution in [1.29, 1.82) is 0 Å². The van der Waals surface area contributed by atoms with Crippen molar-refractivity contribution in [2.24, 2.45) is 0 Å². The lowest BCUT2D eigenvalue weighted by atomic mass is 10.1. The summed E-state index contributed by atoms with van der Waals surface area (Å²) >= 11 is 0. The molecule has 148 valence electrons. The number of likely N-dealkylation sites (N-methyl/N-ethyl adjacent to an activating group) is 1. The molecule has 1 aliphatic heterocycles. The number of carbonyl (C=O) groups is 2. The fourth-order valence-corrected chi connectivity index (χ4v) is 5.44. The zero-order valence-corrected chi connectivity index (χ0v) is 16.3. The minimum Gasteiger partial charge on any atom is -0.482 e. The summed E-state index contributed by atoms with van der Waals surface area (Å²) in [6, 6.07) is 5.46. The molecule has 0 saturated carbocycles. The van der Waals surface area contributed by atoms with E-state index in [9.17, 15) is 18.0 Å². The molecule has 1 saturated heterocycles. The van der Waals surface area contributed by atoms with E-state index in [1.54, 1.807) is 6.92 Å². The highest BCUT2D eigenvalue weighted by Crippen LogP contribution is 2.26. The number of esters is 1. The van der Waals surface area contributed by atoms with Gasteiger partial charge in [0.2, 0.25) is 0 Å². The van der Waals surface area contributed by atoms with E-state index in [1.807, 2.05) is 18.2 Å². The quantitative estimate of drug-likeness (QED) is 0.643. The molecular weight excluding hydrogens is 370 g/mol. The number of sulfone groups is 1. The summed E-state index contributed by atoms with van der Waals surface area (Å²) in [7, 11) is -3.08. The molecule has 0 bridgehead atoms. The normalized spacial score (nSPS) is 20.1. The average Bonchev–Trinajstić information content (AvgIpc) is 3.24. The van der Waals surface area contributed by atoms with Crippen LogP contribution in [0, 0.1) is 0 Å². The van der Waals surface area contributed by atoms with Crippen LogP contribution in [-0.4, -0.2) is 62.5 Å². The van der Waals surface area contributed by atoms with Gasteiger partial charge in [0.05, 0.1) is 11.5 Å². The number of fused-ring (bicyclic) bond motifs is 1. The van der Waals surface area contributed by atoms with Crippen molar-refractivity contribution in [3.8, 4) is 5.75 Å². The summed E-state index contributed by atoms with van der Waals surface area (Å²) in [6.07, 6.45) is 3.67. The minimum absolute atomic E-state index is 0.0258. The second-order valence-corrected chi connectivity index (χ2v) is 9.20. The number of amides is 1. The lowest BCUT2D eigenvalue weighted by Crippen LogP contribution is -2.43. The molecule has 1 fully saturated rings. The fourth-order valence-electron chi connectivity index (χ4n) is 3.71. The van der Waals surface area contributed by atoms with Crippen LogP contribution in [-0.2, 0) is 37.0 Å². The van der Waals surface area contributed by atoms with Crippen LogP contribution in [0.2, 0.25) is 0 Å². The molecule has 2 aliphatic rings. The van der Waals surface area contributed by atoms with Crippen molar-refractivity contribution >= 4 is 21.7 Å². The van der Waals surface area contributed by atoms with Gasteiger partial charge in [0.25, 0.3) is 5.91 Å². The minimum atomic E-state index is -3.08. The highest BCUT2D eigenvalue weighted by Gasteiger charge is 2.34. The first-order chi connectivity index (χ1) is 12.9. The number of benzene rings is 1. The third kappa shape index (κ3) is 5.00. The van der Waals surface area contributed by atoms with Gasteiger partial charge in [0, 0.05) is 12.6 Å². The first-order valence-corrected chi connectivity index (χ1v) is 11.1. The summed E-state index contributed by atoms with van der Waals surface area (Å²) in [6.45, 7) is 1.48. The van der Waals surface area contributed by atoms with Crippen molar-refractivity contribution in [3.63, 3.8) is 0 Å². The van der Waals surface area contributed by atoms with E-state index < -0.39 is 22.4 Å². The molecule has 7 nitrogen and oxygen atoms in total. The van der Waals surface area contributed by atoms with Crippen LogP contribution in [0.15, 0.2) is 18.2 Å². The molecule has 1 atom stereocenters. The van der Waals surface area contributed by atoms with E-state index in [0.29, 0.717) is 18.7 Å². The van der Waals surface area contributed by atoms with Gasteiger partial charge in [0.15, 0.2) is 23.1 Å². The van der Waals surface area contributed by atoms with Gasteiger partial charge in [-0.05, 0) is 55.9 Å². The van der Waals surface area contributed by atoms with E-state index in [1.165, 1.54) is 16.0 Å². The molecule has 1 aromatic rings. The van der Waals surface area contributed by atoms with Gasteiger partial charge in [-0.3, -0.25) is 4.79 Å². The van der Waals surface area contributed by atoms with Crippen molar-refractivity contribution < 1.29 is 27.5 Å². The lowest BCUT2D eigenvalue weighted by Gasteiger charge is -2.26. The summed E-state index contributed by atoms with van der Waals surface area (Å²) < 4.78 is 33.7. The molecule has 1 amide bonds. The third-order valence-corrected chi connectivity index (χ3v) is 6.84. The molecule has 3 rings (SSSR count). The van der Waals surface area contributed by atoms with Crippen LogP contribution in [0.1, 0.15) is 30.9 Å². The number of carbonyl (C=O) groups excluding carboxylic acids is 2. The number of nitrogens with zero attached hydrogens (tertiary/aromatic N) is 1. The van der Waals surface area contributed by atoms with Crippen molar-refractivity contribution in [3.05, 3.63) is 29.3 Å². The van der Waals surface area contributed by atoms with Crippen LogP contribution < -0.4 is 4.74 Å². The van der Waals surface area contributed by atoms with Crippen molar-refractivity contribution in [2.75, 3.05) is 31.3 Å². The maximum atomic E-state index is 12.3. The molecule has 27 heavy (non-hydrogen) atoms. The molecular formula is C19H25NO6S. The second-order valence-electron chi connectivity index (χ2n) is 6.97. The Morgan fingerprint density at radius 1 is 1.19 bits per heavy atom. The van der Waals surface area contributed by atoms with Crippen LogP contribution in [0.4, 0.5) is 0 Å². The molecule has 0 aromatic heterocycles. The zero-order valence-electron chi connectivity index (χ0n) is 15.5. The van der Waals surface area contributed by atoms with Gasteiger partial charge in [-0.1, -0.05) is 6.07 Å². The Labute approximate surface area is 159 Å². The first-order valence-electron chi connectivity index (χ1n) is 9.28. The SMILES string of the molecule is CCN(C(=O)COC(=O)COc1ccc2c(c1)CCC2)[C@H]1CCS(=O)(=O)C1. The number of hydrogen-bond acceptors (Lipinski definition) is 6. The third-order valence-electron chi connectivity index (χ3n) is 5.09. The Morgan fingerprint density at radius 3 is 2.67 bits per heavy atom. The summed E-state index contributed by atoms with van der Waals surface area (Å²) in [5, 5.41) is 0. The molecule has 1 heterocycles. The van der Waals surface area contributed by atoms with Gasteiger partial charge < -0.3 is 14.4 Å². The van der Waals surface area contributed by atoms with Gasteiger partial charge in [-0.2, -0.15) is 0 Å². The fraction of sp³-hybridized carbons (Fsp3) is 0.579. The summed E-state index contributed by atoms with van der Waals surface area (Å²) in [5.41, 5.74) is 2.57. The molecule has 1 aliphatic carbocycles. The topological polar surface area (TPSA) is 90.0 Å². The summed E-state index contributed by atoms with van der Waals surface area (Å²) in [5.74, 6) is -0.327.